The van der Waals surface area contributed by atoms with Gasteiger partial charge in [-0.2, -0.15) is 0 Å². The highest BCUT2D eigenvalue weighted by molar-refractivity contribution is 6.32. The first kappa shape index (κ1) is 18.1. The Labute approximate surface area is 147 Å². The maximum atomic E-state index is 12.2. The van der Waals surface area contributed by atoms with Gasteiger partial charge in [-0.05, 0) is 30.0 Å². The molecule has 0 spiro atoms. The van der Waals surface area contributed by atoms with Crippen molar-refractivity contribution < 1.29 is 14.3 Å². The van der Waals surface area contributed by atoms with Gasteiger partial charge in [0.2, 0.25) is 5.91 Å². The zero-order valence-corrected chi connectivity index (χ0v) is 14.9. The van der Waals surface area contributed by atoms with E-state index in [1.165, 1.54) is 19.8 Å². The third-order valence-corrected chi connectivity index (χ3v) is 4.12. The van der Waals surface area contributed by atoms with Crippen LogP contribution in [0.25, 0.3) is 0 Å². The average Bonchev–Trinajstić information content (AvgIpc) is 2.60. The molecule has 0 radical (unpaired) electrons. The lowest BCUT2D eigenvalue weighted by Crippen LogP contribution is -2.13. The molecule has 128 valence electrons. The molecule has 0 unspecified atom stereocenters. The first-order valence-corrected chi connectivity index (χ1v) is 8.24. The van der Waals surface area contributed by atoms with Crippen LogP contribution in [0, 0.1) is 0 Å². The predicted molar refractivity (Wildman–Crippen MR) is 97.3 cm³/mol. The normalized spacial score (nSPS) is 10.3. The number of amides is 1. The van der Waals surface area contributed by atoms with Crippen LogP contribution in [0.3, 0.4) is 0 Å². The van der Waals surface area contributed by atoms with Crippen LogP contribution >= 0.6 is 11.6 Å². The minimum absolute atomic E-state index is 0.0888. The molecule has 2 aromatic rings. The molecule has 2 rings (SSSR count). The molecule has 24 heavy (non-hydrogen) atoms. The Morgan fingerprint density at radius 2 is 1.67 bits per heavy atom. The predicted octanol–water partition coefficient (Wildman–Crippen LogP) is 4.49. The van der Waals surface area contributed by atoms with E-state index in [-0.39, 0.29) is 5.91 Å². The van der Waals surface area contributed by atoms with Gasteiger partial charge >= 0.3 is 0 Å². The topological polar surface area (TPSA) is 47.6 Å². The Morgan fingerprint density at radius 3 is 2.25 bits per heavy atom. The van der Waals surface area contributed by atoms with Crippen LogP contribution in [0.2, 0.25) is 5.02 Å². The second kappa shape index (κ2) is 8.60. The second-order valence-corrected chi connectivity index (χ2v) is 5.81. The summed E-state index contributed by atoms with van der Waals surface area (Å²) in [6, 6.07) is 11.6. The van der Waals surface area contributed by atoms with Gasteiger partial charge in [-0.1, -0.05) is 42.8 Å². The molecule has 0 aliphatic heterocycles. The molecule has 0 saturated carbocycles. The van der Waals surface area contributed by atoms with Crippen molar-refractivity contribution in [3.05, 3.63) is 52.5 Å². The molecule has 0 heterocycles. The van der Waals surface area contributed by atoms with Crippen molar-refractivity contribution in [2.75, 3.05) is 19.5 Å². The van der Waals surface area contributed by atoms with Crippen LogP contribution in [0.4, 0.5) is 5.69 Å². The summed E-state index contributed by atoms with van der Waals surface area (Å²) >= 11 is 6.11. The van der Waals surface area contributed by atoms with Crippen molar-refractivity contribution in [1.29, 1.82) is 0 Å². The summed E-state index contributed by atoms with van der Waals surface area (Å²) in [5.41, 5.74) is 2.97. The van der Waals surface area contributed by atoms with Crippen LogP contribution in [-0.2, 0) is 17.6 Å². The summed E-state index contributed by atoms with van der Waals surface area (Å²) in [6.45, 7) is 2.12. The van der Waals surface area contributed by atoms with E-state index >= 15 is 0 Å². The molecular weight excluding hydrogens is 326 g/mol. The van der Waals surface area contributed by atoms with E-state index in [1.807, 2.05) is 0 Å². The molecule has 0 saturated heterocycles. The zero-order valence-electron chi connectivity index (χ0n) is 14.2. The van der Waals surface area contributed by atoms with Crippen LogP contribution in [0.5, 0.6) is 11.5 Å². The van der Waals surface area contributed by atoms with Crippen molar-refractivity contribution >= 4 is 23.2 Å². The fraction of sp³-hybridized carbons (Fsp3) is 0.316. The van der Waals surface area contributed by atoms with E-state index < -0.39 is 0 Å². The van der Waals surface area contributed by atoms with Gasteiger partial charge in [-0.15, -0.1) is 0 Å². The van der Waals surface area contributed by atoms with Gasteiger partial charge in [-0.3, -0.25) is 4.79 Å². The number of halogens is 1. The third kappa shape index (κ3) is 4.65. The highest BCUT2D eigenvalue weighted by Crippen LogP contribution is 2.35. The number of benzene rings is 2. The molecule has 2 aromatic carbocycles. The molecule has 0 aliphatic carbocycles. The minimum Gasteiger partial charge on any atom is -0.495 e. The van der Waals surface area contributed by atoms with Gasteiger partial charge in [0, 0.05) is 12.5 Å². The summed E-state index contributed by atoms with van der Waals surface area (Å²) in [6.07, 6.45) is 2.08. The van der Waals surface area contributed by atoms with Gasteiger partial charge in [0.05, 0.1) is 24.9 Å². The largest absolute Gasteiger partial charge is 0.495 e. The number of rotatable bonds is 7. The van der Waals surface area contributed by atoms with Gasteiger partial charge in [0.15, 0.2) is 0 Å². The average molecular weight is 348 g/mol. The Kier molecular flexibility index (Phi) is 6.50. The lowest BCUT2D eigenvalue weighted by Gasteiger charge is -2.13. The van der Waals surface area contributed by atoms with Gasteiger partial charge < -0.3 is 14.8 Å². The number of anilines is 1. The van der Waals surface area contributed by atoms with E-state index in [2.05, 4.69) is 36.5 Å². The number of ether oxygens (including phenoxy) is 2. The number of hydrogen-bond acceptors (Lipinski definition) is 3. The number of carbonyl (C=O) groups excluding carboxylic acids is 1. The zero-order chi connectivity index (χ0) is 17.5. The summed E-state index contributed by atoms with van der Waals surface area (Å²) in [5, 5.41) is 3.26. The van der Waals surface area contributed by atoms with E-state index in [0.29, 0.717) is 35.1 Å². The van der Waals surface area contributed by atoms with Crippen molar-refractivity contribution in [1.82, 2.24) is 0 Å². The Balaban J connectivity index is 2.00. The molecular formula is C19H22ClNO3. The maximum Gasteiger partial charge on any atom is 0.224 e. The number of nitrogens with one attached hydrogen (secondary N) is 1. The highest BCUT2D eigenvalue weighted by Gasteiger charge is 2.12. The van der Waals surface area contributed by atoms with E-state index in [9.17, 15) is 4.79 Å². The molecule has 0 fully saturated rings. The molecule has 0 bridgehead atoms. The minimum atomic E-state index is -0.0888. The van der Waals surface area contributed by atoms with Crippen molar-refractivity contribution in [2.24, 2.45) is 0 Å². The van der Waals surface area contributed by atoms with Gasteiger partial charge in [-0.25, -0.2) is 0 Å². The number of hydrogen-bond donors (Lipinski definition) is 1. The number of aryl methyl sites for hydroxylation is 2. The highest BCUT2D eigenvalue weighted by atomic mass is 35.5. The second-order valence-electron chi connectivity index (χ2n) is 5.41. The molecule has 0 aliphatic rings. The fourth-order valence-corrected chi connectivity index (χ4v) is 2.61. The van der Waals surface area contributed by atoms with Crippen molar-refractivity contribution in [2.45, 2.75) is 26.2 Å². The van der Waals surface area contributed by atoms with Gasteiger partial charge in [0.1, 0.15) is 11.5 Å². The van der Waals surface area contributed by atoms with Crippen LogP contribution in [-0.4, -0.2) is 20.1 Å². The smallest absolute Gasteiger partial charge is 0.224 e. The van der Waals surface area contributed by atoms with Crippen LogP contribution in [0.15, 0.2) is 36.4 Å². The number of methoxy groups -OCH3 is 2. The quantitative estimate of drug-likeness (QED) is 0.802. The Morgan fingerprint density at radius 1 is 1.04 bits per heavy atom. The standard InChI is InChI=1S/C19H22ClNO3/c1-4-13-5-7-14(8-6-13)9-10-19(22)21-16-11-15(20)17(23-2)12-18(16)24-3/h5-8,11-12H,4,9-10H2,1-3H3,(H,21,22). The first-order valence-electron chi connectivity index (χ1n) is 7.86. The molecule has 0 aromatic heterocycles. The van der Waals surface area contributed by atoms with Gasteiger partial charge in [0.25, 0.3) is 0 Å². The Bertz CT molecular complexity index is 699. The first-order chi connectivity index (χ1) is 11.6. The molecule has 0 atom stereocenters. The Hall–Kier alpha value is -2.20. The third-order valence-electron chi connectivity index (χ3n) is 3.82. The lowest BCUT2D eigenvalue weighted by atomic mass is 10.1. The van der Waals surface area contributed by atoms with Crippen LogP contribution < -0.4 is 14.8 Å². The van der Waals surface area contributed by atoms with Crippen molar-refractivity contribution in [3.63, 3.8) is 0 Å². The number of carbonyl (C=O) groups is 1. The summed E-state index contributed by atoms with van der Waals surface area (Å²) < 4.78 is 10.4. The lowest BCUT2D eigenvalue weighted by molar-refractivity contribution is -0.116. The molecule has 4 nitrogen and oxygen atoms in total. The summed E-state index contributed by atoms with van der Waals surface area (Å²) in [5.74, 6) is 0.925. The monoisotopic (exact) mass is 347 g/mol. The molecule has 5 heteroatoms. The van der Waals surface area contributed by atoms with E-state index in [4.69, 9.17) is 21.1 Å². The van der Waals surface area contributed by atoms with E-state index in [1.54, 1.807) is 12.1 Å². The summed E-state index contributed by atoms with van der Waals surface area (Å²) in [7, 11) is 3.07. The fourth-order valence-electron chi connectivity index (χ4n) is 2.37. The molecule has 1 amide bonds. The summed E-state index contributed by atoms with van der Waals surface area (Å²) in [4.78, 5) is 12.2. The van der Waals surface area contributed by atoms with Crippen molar-refractivity contribution in [3.8, 4) is 11.5 Å². The molecule has 1 N–H and O–H groups in total. The van der Waals surface area contributed by atoms with Crippen LogP contribution in [0.1, 0.15) is 24.5 Å². The SMILES string of the molecule is CCc1ccc(CCC(=O)Nc2cc(Cl)c(OC)cc2OC)cc1. The maximum absolute atomic E-state index is 12.2. The van der Waals surface area contributed by atoms with E-state index in [0.717, 1.165) is 12.0 Å².